The molecular formula is C20H22N4. The van der Waals surface area contributed by atoms with E-state index >= 15 is 0 Å². The van der Waals surface area contributed by atoms with E-state index in [0.29, 0.717) is 0 Å². The van der Waals surface area contributed by atoms with Gasteiger partial charge in [-0.1, -0.05) is 32.0 Å². The lowest BCUT2D eigenvalue weighted by atomic mass is 9.95. The number of H-pyrrole nitrogens is 2. The molecule has 4 nitrogen and oxygen atoms in total. The van der Waals surface area contributed by atoms with Crippen LogP contribution < -0.4 is 0 Å². The fraction of sp³-hybridized carbons (Fsp3) is 0.300. The Kier molecular flexibility index (Phi) is 3.41. The minimum atomic E-state index is 0.248. The van der Waals surface area contributed by atoms with Crippen molar-refractivity contribution in [2.24, 2.45) is 0 Å². The minimum absolute atomic E-state index is 0.248. The number of benzene rings is 2. The summed E-state index contributed by atoms with van der Waals surface area (Å²) in [6.45, 7) is 8.67. The maximum absolute atomic E-state index is 4.88. The van der Waals surface area contributed by atoms with Gasteiger partial charge in [0, 0.05) is 11.8 Å². The number of aromatic nitrogens is 4. The number of aryl methyl sites for hydroxylation is 2. The third kappa shape index (κ3) is 2.30. The Morgan fingerprint density at radius 1 is 0.792 bits per heavy atom. The zero-order valence-electron chi connectivity index (χ0n) is 14.5. The van der Waals surface area contributed by atoms with Crippen LogP contribution in [0.5, 0.6) is 0 Å². The second-order valence-corrected chi connectivity index (χ2v) is 6.74. The molecule has 2 unspecified atom stereocenters. The maximum Gasteiger partial charge on any atom is 0.110 e. The van der Waals surface area contributed by atoms with Crippen LogP contribution in [-0.2, 0) is 0 Å². The number of para-hydroxylation sites is 2. The molecule has 0 fully saturated rings. The number of rotatable bonds is 3. The zero-order valence-corrected chi connectivity index (χ0v) is 14.5. The van der Waals surface area contributed by atoms with Gasteiger partial charge in [-0.15, -0.1) is 0 Å². The summed E-state index contributed by atoms with van der Waals surface area (Å²) in [5.74, 6) is 2.53. The van der Waals surface area contributed by atoms with Crippen molar-refractivity contribution in [3.8, 4) is 0 Å². The molecule has 2 aromatic carbocycles. The Morgan fingerprint density at radius 3 is 2.21 bits per heavy atom. The van der Waals surface area contributed by atoms with Crippen LogP contribution in [0, 0.1) is 13.8 Å². The second kappa shape index (κ2) is 5.48. The summed E-state index contributed by atoms with van der Waals surface area (Å²) in [6, 6.07) is 12.4. The third-order valence-electron chi connectivity index (χ3n) is 5.22. The number of aromatic amines is 2. The molecule has 0 spiro atoms. The highest BCUT2D eigenvalue weighted by molar-refractivity contribution is 5.80. The Morgan fingerprint density at radius 2 is 1.46 bits per heavy atom. The van der Waals surface area contributed by atoms with E-state index in [-0.39, 0.29) is 11.8 Å². The van der Waals surface area contributed by atoms with Crippen molar-refractivity contribution in [2.75, 3.05) is 0 Å². The smallest absolute Gasteiger partial charge is 0.110 e. The first-order valence-electron chi connectivity index (χ1n) is 8.45. The molecule has 0 saturated heterocycles. The van der Waals surface area contributed by atoms with E-state index in [2.05, 4.69) is 55.9 Å². The van der Waals surface area contributed by atoms with Crippen LogP contribution in [0.4, 0.5) is 0 Å². The molecule has 122 valence electrons. The van der Waals surface area contributed by atoms with Crippen LogP contribution >= 0.6 is 0 Å². The highest BCUT2D eigenvalue weighted by Crippen LogP contribution is 2.32. The molecule has 2 atom stereocenters. The molecule has 0 amide bonds. The SMILES string of the molecule is Cc1ccc2[nH]c(C(C)C(C)c3nc4ccccc4[nH]3)nc2c1C. The van der Waals surface area contributed by atoms with E-state index in [1.54, 1.807) is 0 Å². The van der Waals surface area contributed by atoms with Crippen LogP contribution in [0.1, 0.15) is 48.5 Å². The molecule has 4 rings (SSSR count). The largest absolute Gasteiger partial charge is 0.342 e. The number of hydrogen-bond acceptors (Lipinski definition) is 2. The van der Waals surface area contributed by atoms with Crippen molar-refractivity contribution >= 4 is 22.1 Å². The lowest BCUT2D eigenvalue weighted by Crippen LogP contribution is -2.08. The Labute approximate surface area is 141 Å². The van der Waals surface area contributed by atoms with Crippen molar-refractivity contribution < 1.29 is 0 Å². The quantitative estimate of drug-likeness (QED) is 0.560. The van der Waals surface area contributed by atoms with E-state index in [9.17, 15) is 0 Å². The molecule has 4 aromatic rings. The molecule has 0 aliphatic heterocycles. The fourth-order valence-electron chi connectivity index (χ4n) is 3.21. The third-order valence-corrected chi connectivity index (χ3v) is 5.22. The molecule has 2 heterocycles. The summed E-state index contributed by atoms with van der Waals surface area (Å²) >= 11 is 0. The van der Waals surface area contributed by atoms with E-state index in [4.69, 9.17) is 9.97 Å². The summed E-state index contributed by atoms with van der Waals surface area (Å²) in [6.07, 6.45) is 0. The molecule has 4 heteroatoms. The highest BCUT2D eigenvalue weighted by Gasteiger charge is 2.22. The molecule has 24 heavy (non-hydrogen) atoms. The Balaban J connectivity index is 1.72. The van der Waals surface area contributed by atoms with Gasteiger partial charge in [0.25, 0.3) is 0 Å². The number of nitrogens with one attached hydrogen (secondary N) is 2. The molecule has 0 aliphatic rings. The first-order valence-corrected chi connectivity index (χ1v) is 8.45. The average molecular weight is 318 g/mol. The normalized spacial score (nSPS) is 14.3. The van der Waals surface area contributed by atoms with E-state index in [1.165, 1.54) is 11.1 Å². The predicted octanol–water partition coefficient (Wildman–Crippen LogP) is 4.96. The van der Waals surface area contributed by atoms with Gasteiger partial charge in [-0.25, -0.2) is 9.97 Å². The van der Waals surface area contributed by atoms with Crippen molar-refractivity contribution in [3.05, 3.63) is 59.2 Å². The van der Waals surface area contributed by atoms with Gasteiger partial charge in [0.15, 0.2) is 0 Å². The fourth-order valence-corrected chi connectivity index (χ4v) is 3.21. The number of fused-ring (bicyclic) bond motifs is 2. The first-order chi connectivity index (χ1) is 11.5. The monoisotopic (exact) mass is 318 g/mol. The van der Waals surface area contributed by atoms with Gasteiger partial charge in [-0.2, -0.15) is 0 Å². The summed E-state index contributed by atoms with van der Waals surface area (Å²) in [5.41, 5.74) is 6.81. The summed E-state index contributed by atoms with van der Waals surface area (Å²) in [7, 11) is 0. The lowest BCUT2D eigenvalue weighted by molar-refractivity contribution is 0.573. The number of nitrogens with zero attached hydrogens (tertiary/aromatic N) is 2. The molecule has 0 radical (unpaired) electrons. The first kappa shape index (κ1) is 14.9. The lowest BCUT2D eigenvalue weighted by Gasteiger charge is -2.15. The average Bonchev–Trinajstić information content (AvgIpc) is 3.21. The molecule has 0 bridgehead atoms. The van der Waals surface area contributed by atoms with Gasteiger partial charge in [-0.05, 0) is 43.2 Å². The van der Waals surface area contributed by atoms with Crippen LogP contribution in [0.2, 0.25) is 0 Å². The molecule has 0 saturated carbocycles. The molecule has 2 N–H and O–H groups in total. The maximum atomic E-state index is 4.88. The van der Waals surface area contributed by atoms with Crippen molar-refractivity contribution in [1.29, 1.82) is 0 Å². The number of hydrogen-bond donors (Lipinski definition) is 2. The van der Waals surface area contributed by atoms with Crippen molar-refractivity contribution in [3.63, 3.8) is 0 Å². The Hall–Kier alpha value is -2.62. The summed E-state index contributed by atoms with van der Waals surface area (Å²) < 4.78 is 0. The summed E-state index contributed by atoms with van der Waals surface area (Å²) in [4.78, 5) is 16.6. The van der Waals surface area contributed by atoms with Gasteiger partial charge in [-0.3, -0.25) is 0 Å². The summed E-state index contributed by atoms with van der Waals surface area (Å²) in [5, 5.41) is 0. The van der Waals surface area contributed by atoms with Crippen LogP contribution in [0.3, 0.4) is 0 Å². The number of imidazole rings is 2. The topological polar surface area (TPSA) is 57.4 Å². The Bertz CT molecular complexity index is 992. The van der Waals surface area contributed by atoms with Crippen LogP contribution in [0.25, 0.3) is 22.1 Å². The van der Waals surface area contributed by atoms with Crippen LogP contribution in [-0.4, -0.2) is 19.9 Å². The highest BCUT2D eigenvalue weighted by atomic mass is 15.0. The van der Waals surface area contributed by atoms with Gasteiger partial charge in [0.2, 0.25) is 0 Å². The standard InChI is InChI=1S/C20H22N4/c1-11-9-10-17-18(12(11)2)24-20(23-17)14(4)13(3)19-21-15-7-5-6-8-16(15)22-19/h5-10,13-14H,1-4H3,(H,21,22)(H,23,24). The predicted molar refractivity (Wildman–Crippen MR) is 98.5 cm³/mol. The van der Waals surface area contributed by atoms with E-state index in [0.717, 1.165) is 33.7 Å². The van der Waals surface area contributed by atoms with Crippen LogP contribution in [0.15, 0.2) is 36.4 Å². The molecule has 0 aliphatic carbocycles. The van der Waals surface area contributed by atoms with E-state index < -0.39 is 0 Å². The van der Waals surface area contributed by atoms with Gasteiger partial charge in [0.1, 0.15) is 11.6 Å². The van der Waals surface area contributed by atoms with Gasteiger partial charge >= 0.3 is 0 Å². The van der Waals surface area contributed by atoms with Crippen molar-refractivity contribution in [1.82, 2.24) is 19.9 Å². The minimum Gasteiger partial charge on any atom is -0.342 e. The van der Waals surface area contributed by atoms with E-state index in [1.807, 2.05) is 18.2 Å². The zero-order chi connectivity index (χ0) is 16.8. The second-order valence-electron chi connectivity index (χ2n) is 6.74. The molecular weight excluding hydrogens is 296 g/mol. The van der Waals surface area contributed by atoms with Gasteiger partial charge < -0.3 is 9.97 Å². The molecule has 2 aromatic heterocycles. The van der Waals surface area contributed by atoms with Crippen molar-refractivity contribution in [2.45, 2.75) is 39.5 Å². The van der Waals surface area contributed by atoms with Gasteiger partial charge in [0.05, 0.1) is 22.1 Å².